The monoisotopic (exact) mass is 329 g/mol. The molecule has 1 amide bonds. The third-order valence-corrected chi connectivity index (χ3v) is 3.45. The van der Waals surface area contributed by atoms with Crippen LogP contribution >= 0.6 is 15.9 Å². The van der Waals surface area contributed by atoms with E-state index in [0.29, 0.717) is 12.5 Å². The standard InChI is InChI=1S/C14H20BrNO3/c1-2-3-10(6-7-15)9-16-14(19)12-5-4-11(17)8-13(12)18/h4-5,8,10,17-18H,2-3,6-7,9H2,1H3,(H,16,19). The molecule has 0 radical (unpaired) electrons. The van der Waals surface area contributed by atoms with Crippen LogP contribution in [0.25, 0.3) is 0 Å². The Morgan fingerprint density at radius 3 is 2.68 bits per heavy atom. The number of phenolic OH excluding ortho intramolecular Hbond substituents is 2. The second-order valence-electron chi connectivity index (χ2n) is 4.54. The van der Waals surface area contributed by atoms with Crippen molar-refractivity contribution in [2.45, 2.75) is 26.2 Å². The van der Waals surface area contributed by atoms with Crippen molar-refractivity contribution >= 4 is 21.8 Å². The highest BCUT2D eigenvalue weighted by Gasteiger charge is 2.13. The molecule has 0 aliphatic heterocycles. The second kappa shape index (κ2) is 8.04. The Balaban J connectivity index is 2.58. The summed E-state index contributed by atoms with van der Waals surface area (Å²) < 4.78 is 0. The lowest BCUT2D eigenvalue weighted by atomic mass is 10.0. The zero-order valence-electron chi connectivity index (χ0n) is 11.0. The summed E-state index contributed by atoms with van der Waals surface area (Å²) in [5.41, 5.74) is 0.187. The van der Waals surface area contributed by atoms with Crippen molar-refractivity contribution < 1.29 is 15.0 Å². The molecule has 3 N–H and O–H groups in total. The first-order valence-electron chi connectivity index (χ1n) is 6.44. The molecule has 1 aromatic carbocycles. The first kappa shape index (κ1) is 15.8. The van der Waals surface area contributed by atoms with Gasteiger partial charge in [-0.05, 0) is 30.9 Å². The van der Waals surface area contributed by atoms with Gasteiger partial charge in [0, 0.05) is 17.9 Å². The van der Waals surface area contributed by atoms with Gasteiger partial charge >= 0.3 is 0 Å². The lowest BCUT2D eigenvalue weighted by molar-refractivity contribution is 0.0943. The Kier molecular flexibility index (Phi) is 6.70. The number of rotatable bonds is 7. The molecular weight excluding hydrogens is 310 g/mol. The van der Waals surface area contributed by atoms with E-state index in [9.17, 15) is 15.0 Å². The second-order valence-corrected chi connectivity index (χ2v) is 5.34. The number of aromatic hydroxyl groups is 2. The van der Waals surface area contributed by atoms with Crippen LogP contribution in [0.2, 0.25) is 0 Å². The van der Waals surface area contributed by atoms with Crippen LogP contribution in [0.15, 0.2) is 18.2 Å². The van der Waals surface area contributed by atoms with E-state index in [1.165, 1.54) is 12.1 Å². The number of carbonyl (C=O) groups is 1. The van der Waals surface area contributed by atoms with Gasteiger partial charge in [-0.3, -0.25) is 4.79 Å². The summed E-state index contributed by atoms with van der Waals surface area (Å²) in [6.07, 6.45) is 3.15. The average molecular weight is 330 g/mol. The third kappa shape index (κ3) is 5.11. The lowest BCUT2D eigenvalue weighted by Crippen LogP contribution is -2.29. The number of benzene rings is 1. The van der Waals surface area contributed by atoms with Crippen LogP contribution in [0.5, 0.6) is 11.5 Å². The Labute approximate surface area is 122 Å². The van der Waals surface area contributed by atoms with E-state index >= 15 is 0 Å². The molecule has 1 rings (SSSR count). The quantitative estimate of drug-likeness (QED) is 0.673. The summed E-state index contributed by atoms with van der Waals surface area (Å²) in [6, 6.07) is 3.97. The number of carbonyl (C=O) groups excluding carboxylic acids is 1. The summed E-state index contributed by atoms with van der Waals surface area (Å²) in [4.78, 5) is 11.9. The van der Waals surface area contributed by atoms with Gasteiger partial charge in [0.05, 0.1) is 5.56 Å². The van der Waals surface area contributed by atoms with Crippen LogP contribution in [0.4, 0.5) is 0 Å². The molecule has 0 aromatic heterocycles. The number of nitrogens with one attached hydrogen (secondary N) is 1. The molecule has 106 valence electrons. The molecule has 0 aliphatic carbocycles. The van der Waals surface area contributed by atoms with Crippen molar-refractivity contribution in [3.8, 4) is 11.5 Å². The maximum Gasteiger partial charge on any atom is 0.255 e. The molecule has 0 fully saturated rings. The van der Waals surface area contributed by atoms with E-state index in [-0.39, 0.29) is 23.0 Å². The van der Waals surface area contributed by atoms with Crippen molar-refractivity contribution in [3.63, 3.8) is 0 Å². The van der Waals surface area contributed by atoms with Crippen LogP contribution in [0, 0.1) is 5.92 Å². The Morgan fingerprint density at radius 2 is 2.11 bits per heavy atom. The summed E-state index contributed by atoms with van der Waals surface area (Å²) in [6.45, 7) is 2.72. The molecule has 0 heterocycles. The molecule has 1 unspecified atom stereocenters. The topological polar surface area (TPSA) is 69.6 Å². The SMILES string of the molecule is CCCC(CCBr)CNC(=O)c1ccc(O)cc1O. The van der Waals surface area contributed by atoms with E-state index in [4.69, 9.17) is 0 Å². The van der Waals surface area contributed by atoms with Gasteiger partial charge in [-0.25, -0.2) is 0 Å². The molecule has 19 heavy (non-hydrogen) atoms. The minimum Gasteiger partial charge on any atom is -0.508 e. The minimum atomic E-state index is -0.312. The number of amides is 1. The van der Waals surface area contributed by atoms with E-state index in [1.54, 1.807) is 0 Å². The number of hydrogen-bond acceptors (Lipinski definition) is 3. The minimum absolute atomic E-state index is 0.0581. The van der Waals surface area contributed by atoms with Crippen molar-refractivity contribution in [1.82, 2.24) is 5.32 Å². The highest BCUT2D eigenvalue weighted by molar-refractivity contribution is 9.09. The summed E-state index contributed by atoms with van der Waals surface area (Å²) in [5.74, 6) is -0.136. The Hall–Kier alpha value is -1.23. The first-order chi connectivity index (χ1) is 9.08. The third-order valence-electron chi connectivity index (χ3n) is 2.99. The van der Waals surface area contributed by atoms with Gasteiger partial charge < -0.3 is 15.5 Å². The molecule has 0 saturated carbocycles. The van der Waals surface area contributed by atoms with Gasteiger partial charge in [0.1, 0.15) is 11.5 Å². The fourth-order valence-electron chi connectivity index (χ4n) is 1.96. The number of alkyl halides is 1. The molecule has 0 aliphatic rings. The summed E-state index contributed by atoms with van der Waals surface area (Å²) in [5, 5.41) is 22.5. The van der Waals surface area contributed by atoms with Gasteiger partial charge in [-0.2, -0.15) is 0 Å². The highest BCUT2D eigenvalue weighted by atomic mass is 79.9. The Bertz CT molecular complexity index is 417. The van der Waals surface area contributed by atoms with Gasteiger partial charge in [-0.1, -0.05) is 29.3 Å². The maximum atomic E-state index is 11.9. The van der Waals surface area contributed by atoms with E-state index in [0.717, 1.165) is 30.7 Å². The summed E-state index contributed by atoms with van der Waals surface area (Å²) in [7, 11) is 0. The molecule has 0 bridgehead atoms. The molecule has 0 spiro atoms. The van der Waals surface area contributed by atoms with Gasteiger partial charge in [-0.15, -0.1) is 0 Å². The Morgan fingerprint density at radius 1 is 1.37 bits per heavy atom. The fourth-order valence-corrected chi connectivity index (χ4v) is 2.60. The van der Waals surface area contributed by atoms with Crippen molar-refractivity contribution in [1.29, 1.82) is 0 Å². The lowest BCUT2D eigenvalue weighted by Gasteiger charge is -2.16. The van der Waals surface area contributed by atoms with E-state index in [1.807, 2.05) is 0 Å². The molecule has 5 heteroatoms. The average Bonchev–Trinajstić information content (AvgIpc) is 2.36. The number of phenols is 2. The van der Waals surface area contributed by atoms with Crippen molar-refractivity contribution in [2.75, 3.05) is 11.9 Å². The van der Waals surface area contributed by atoms with Crippen LogP contribution in [-0.2, 0) is 0 Å². The molecule has 4 nitrogen and oxygen atoms in total. The molecule has 1 aromatic rings. The predicted molar refractivity (Wildman–Crippen MR) is 78.9 cm³/mol. The van der Waals surface area contributed by atoms with Crippen LogP contribution in [-0.4, -0.2) is 28.0 Å². The largest absolute Gasteiger partial charge is 0.508 e. The zero-order chi connectivity index (χ0) is 14.3. The van der Waals surface area contributed by atoms with E-state index in [2.05, 4.69) is 28.2 Å². The highest BCUT2D eigenvalue weighted by Crippen LogP contribution is 2.22. The summed E-state index contributed by atoms with van der Waals surface area (Å²) >= 11 is 3.41. The number of halogens is 1. The van der Waals surface area contributed by atoms with Crippen molar-refractivity contribution in [2.24, 2.45) is 5.92 Å². The maximum absolute atomic E-state index is 11.9. The smallest absolute Gasteiger partial charge is 0.255 e. The van der Waals surface area contributed by atoms with E-state index < -0.39 is 0 Å². The normalized spacial score (nSPS) is 12.1. The molecule has 0 saturated heterocycles. The van der Waals surface area contributed by atoms with Gasteiger partial charge in [0.15, 0.2) is 0 Å². The first-order valence-corrected chi connectivity index (χ1v) is 7.56. The predicted octanol–water partition coefficient (Wildman–Crippen LogP) is 3.03. The molecular formula is C14H20BrNO3. The van der Waals surface area contributed by atoms with Crippen LogP contribution < -0.4 is 5.32 Å². The zero-order valence-corrected chi connectivity index (χ0v) is 12.6. The molecule has 1 atom stereocenters. The fraction of sp³-hybridized carbons (Fsp3) is 0.500. The number of hydrogen-bond donors (Lipinski definition) is 3. The van der Waals surface area contributed by atoms with Crippen LogP contribution in [0.3, 0.4) is 0 Å². The van der Waals surface area contributed by atoms with Crippen molar-refractivity contribution in [3.05, 3.63) is 23.8 Å². The van der Waals surface area contributed by atoms with Crippen LogP contribution in [0.1, 0.15) is 36.5 Å². The van der Waals surface area contributed by atoms with Gasteiger partial charge in [0.2, 0.25) is 0 Å². The van der Waals surface area contributed by atoms with Gasteiger partial charge in [0.25, 0.3) is 5.91 Å².